The van der Waals surface area contributed by atoms with E-state index >= 15 is 0 Å². The molecule has 4 aliphatic rings. The van der Waals surface area contributed by atoms with Crippen LogP contribution < -0.4 is 0 Å². The second-order valence-corrected chi connectivity index (χ2v) is 7.46. The van der Waals surface area contributed by atoms with Gasteiger partial charge in [0.2, 0.25) is 0 Å². The molecule has 0 amide bonds. The molecule has 0 radical (unpaired) electrons. The van der Waals surface area contributed by atoms with Gasteiger partial charge in [-0.25, -0.2) is 0 Å². The van der Waals surface area contributed by atoms with E-state index in [2.05, 4.69) is 0 Å². The van der Waals surface area contributed by atoms with Gasteiger partial charge in [0, 0.05) is 6.42 Å². The Kier molecular flexibility index (Phi) is 3.11. The highest BCUT2D eigenvalue weighted by atomic mass is 16.6. The summed E-state index contributed by atoms with van der Waals surface area (Å²) < 4.78 is 5.88. The molecule has 112 valence electrons. The zero-order chi connectivity index (χ0) is 14.5. The predicted molar refractivity (Wildman–Crippen MR) is 73.0 cm³/mol. The Morgan fingerprint density at radius 2 is 1.85 bits per heavy atom. The summed E-state index contributed by atoms with van der Waals surface area (Å²) in [7, 11) is 0. The summed E-state index contributed by atoms with van der Waals surface area (Å²) in [5.41, 5.74) is -1.11. The molecule has 4 bridgehead atoms. The monoisotopic (exact) mass is 280 g/mol. The maximum atomic E-state index is 12.2. The third kappa shape index (κ3) is 2.04. The van der Waals surface area contributed by atoms with Gasteiger partial charge in [0.25, 0.3) is 0 Å². The van der Waals surface area contributed by atoms with Gasteiger partial charge in [-0.15, -0.1) is 0 Å². The minimum Gasteiger partial charge on any atom is -0.481 e. The van der Waals surface area contributed by atoms with E-state index in [1.807, 2.05) is 13.8 Å². The quantitative estimate of drug-likeness (QED) is 0.804. The summed E-state index contributed by atoms with van der Waals surface area (Å²) >= 11 is 0. The van der Waals surface area contributed by atoms with Crippen LogP contribution in [-0.2, 0) is 14.3 Å². The molecule has 4 heteroatoms. The molecule has 4 saturated carbocycles. The first-order valence-electron chi connectivity index (χ1n) is 7.84. The first-order valence-corrected chi connectivity index (χ1v) is 7.84. The summed E-state index contributed by atoms with van der Waals surface area (Å²) in [5.74, 6) is -0.0662. The molecule has 3 atom stereocenters. The number of carbonyl (C=O) groups excluding carboxylic acids is 1. The SMILES string of the molecule is CCC(C)C(=O)OC12CC3CC(C1)CC(C(=O)O)(C3)C2. The molecule has 0 aliphatic heterocycles. The molecule has 0 aromatic rings. The van der Waals surface area contributed by atoms with E-state index in [1.54, 1.807) is 0 Å². The van der Waals surface area contributed by atoms with Gasteiger partial charge in [0.05, 0.1) is 11.3 Å². The van der Waals surface area contributed by atoms with Crippen molar-refractivity contribution in [1.29, 1.82) is 0 Å². The molecule has 0 saturated heterocycles. The average molecular weight is 280 g/mol. The van der Waals surface area contributed by atoms with Gasteiger partial charge in [0.15, 0.2) is 0 Å². The van der Waals surface area contributed by atoms with Crippen molar-refractivity contribution in [3.05, 3.63) is 0 Å². The van der Waals surface area contributed by atoms with Crippen molar-refractivity contribution in [3.8, 4) is 0 Å². The van der Waals surface area contributed by atoms with Crippen molar-refractivity contribution in [2.45, 2.75) is 64.4 Å². The molecule has 4 nitrogen and oxygen atoms in total. The fraction of sp³-hybridized carbons (Fsp3) is 0.875. The molecule has 4 rings (SSSR count). The minimum atomic E-state index is -0.685. The standard InChI is InChI=1S/C16H24O4/c1-3-10(2)13(17)20-16-7-11-4-12(8-16)6-15(5-11,9-16)14(18)19/h10-12H,3-9H2,1-2H3,(H,18,19). The smallest absolute Gasteiger partial charge is 0.309 e. The van der Waals surface area contributed by atoms with Gasteiger partial charge in [-0.05, 0) is 50.4 Å². The third-order valence-electron chi connectivity index (χ3n) is 5.79. The summed E-state index contributed by atoms with van der Waals surface area (Å²) in [4.78, 5) is 23.9. The maximum Gasteiger partial charge on any atom is 0.309 e. The Labute approximate surface area is 119 Å². The number of aliphatic carboxylic acids is 1. The van der Waals surface area contributed by atoms with Crippen LogP contribution in [0.3, 0.4) is 0 Å². The summed E-state index contributed by atoms with van der Waals surface area (Å²) in [6, 6.07) is 0. The van der Waals surface area contributed by atoms with Gasteiger partial charge in [-0.3, -0.25) is 9.59 Å². The van der Waals surface area contributed by atoms with Crippen LogP contribution in [0.4, 0.5) is 0 Å². The second-order valence-electron chi connectivity index (χ2n) is 7.46. The second kappa shape index (κ2) is 4.47. The van der Waals surface area contributed by atoms with Crippen LogP contribution in [0.1, 0.15) is 58.8 Å². The van der Waals surface area contributed by atoms with E-state index in [4.69, 9.17) is 4.74 Å². The first kappa shape index (κ1) is 13.9. The van der Waals surface area contributed by atoms with Gasteiger partial charge in [-0.2, -0.15) is 0 Å². The van der Waals surface area contributed by atoms with Gasteiger partial charge < -0.3 is 9.84 Å². The minimum absolute atomic E-state index is 0.0937. The number of hydrogen-bond donors (Lipinski definition) is 1. The highest BCUT2D eigenvalue weighted by Crippen LogP contribution is 2.63. The van der Waals surface area contributed by atoms with Crippen LogP contribution >= 0.6 is 0 Å². The van der Waals surface area contributed by atoms with E-state index in [9.17, 15) is 14.7 Å². The number of carbonyl (C=O) groups is 2. The van der Waals surface area contributed by atoms with Gasteiger partial charge in [-0.1, -0.05) is 13.8 Å². The van der Waals surface area contributed by atoms with Crippen LogP contribution in [0.5, 0.6) is 0 Å². The normalized spacial score (nSPS) is 43.3. The zero-order valence-electron chi connectivity index (χ0n) is 12.4. The predicted octanol–water partition coefficient (Wildman–Crippen LogP) is 3.00. The number of carboxylic acids is 1. The van der Waals surface area contributed by atoms with Crippen LogP contribution in [-0.4, -0.2) is 22.6 Å². The van der Waals surface area contributed by atoms with E-state index in [1.165, 1.54) is 0 Å². The van der Waals surface area contributed by atoms with Gasteiger partial charge >= 0.3 is 11.9 Å². The molecular formula is C16H24O4. The summed E-state index contributed by atoms with van der Waals surface area (Å²) in [5, 5.41) is 9.64. The van der Waals surface area contributed by atoms with E-state index in [0.717, 1.165) is 38.5 Å². The lowest BCUT2D eigenvalue weighted by Crippen LogP contribution is -2.59. The van der Waals surface area contributed by atoms with Crippen molar-refractivity contribution in [2.75, 3.05) is 0 Å². The van der Waals surface area contributed by atoms with Crippen LogP contribution in [0, 0.1) is 23.2 Å². The lowest BCUT2D eigenvalue weighted by atomic mass is 9.48. The topological polar surface area (TPSA) is 63.6 Å². The lowest BCUT2D eigenvalue weighted by Gasteiger charge is -2.59. The zero-order valence-corrected chi connectivity index (χ0v) is 12.4. The molecule has 4 aliphatic carbocycles. The van der Waals surface area contributed by atoms with E-state index in [0.29, 0.717) is 18.3 Å². The van der Waals surface area contributed by atoms with Crippen molar-refractivity contribution < 1.29 is 19.4 Å². The molecule has 3 unspecified atom stereocenters. The summed E-state index contributed by atoms with van der Waals surface area (Å²) in [6.07, 6.45) is 5.73. The highest BCUT2D eigenvalue weighted by molar-refractivity contribution is 5.76. The Hall–Kier alpha value is -1.06. The van der Waals surface area contributed by atoms with Crippen molar-refractivity contribution in [3.63, 3.8) is 0 Å². The molecule has 0 aromatic heterocycles. The molecule has 0 spiro atoms. The average Bonchev–Trinajstić information content (AvgIpc) is 2.35. The number of hydrogen-bond acceptors (Lipinski definition) is 3. The van der Waals surface area contributed by atoms with Crippen molar-refractivity contribution in [2.24, 2.45) is 23.2 Å². The largest absolute Gasteiger partial charge is 0.481 e. The number of carboxylic acid groups (broad SMARTS) is 1. The summed E-state index contributed by atoms with van der Waals surface area (Å²) in [6.45, 7) is 3.86. The number of esters is 1. The Bertz CT molecular complexity index is 428. The highest BCUT2D eigenvalue weighted by Gasteiger charge is 2.62. The van der Waals surface area contributed by atoms with Crippen LogP contribution in [0.25, 0.3) is 0 Å². The Morgan fingerprint density at radius 3 is 2.35 bits per heavy atom. The fourth-order valence-electron chi connectivity index (χ4n) is 5.03. The van der Waals surface area contributed by atoms with Crippen molar-refractivity contribution in [1.82, 2.24) is 0 Å². The fourth-order valence-corrected chi connectivity index (χ4v) is 5.03. The van der Waals surface area contributed by atoms with Gasteiger partial charge in [0.1, 0.15) is 5.60 Å². The Morgan fingerprint density at radius 1 is 1.25 bits per heavy atom. The molecular weight excluding hydrogens is 256 g/mol. The van der Waals surface area contributed by atoms with Crippen LogP contribution in [0.15, 0.2) is 0 Å². The lowest BCUT2D eigenvalue weighted by molar-refractivity contribution is -0.212. The molecule has 0 aromatic carbocycles. The first-order chi connectivity index (χ1) is 9.38. The number of ether oxygens (including phenoxy) is 1. The number of rotatable bonds is 4. The van der Waals surface area contributed by atoms with E-state index < -0.39 is 17.0 Å². The molecule has 1 N–H and O–H groups in total. The van der Waals surface area contributed by atoms with Crippen LogP contribution in [0.2, 0.25) is 0 Å². The Balaban J connectivity index is 1.83. The van der Waals surface area contributed by atoms with Crippen molar-refractivity contribution >= 4 is 11.9 Å². The maximum absolute atomic E-state index is 12.2. The van der Waals surface area contributed by atoms with E-state index in [-0.39, 0.29) is 11.9 Å². The third-order valence-corrected chi connectivity index (χ3v) is 5.79. The molecule has 0 heterocycles. The molecule has 4 fully saturated rings. The molecule has 20 heavy (non-hydrogen) atoms.